The van der Waals surface area contributed by atoms with Crippen LogP contribution in [0.1, 0.15) is 44.7 Å². The minimum atomic E-state index is 0.109. The Morgan fingerprint density at radius 3 is 2.57 bits per heavy atom. The molecule has 0 radical (unpaired) electrons. The van der Waals surface area contributed by atoms with Crippen molar-refractivity contribution < 1.29 is 0 Å². The van der Waals surface area contributed by atoms with E-state index in [9.17, 15) is 0 Å². The van der Waals surface area contributed by atoms with Crippen LogP contribution in [0, 0.1) is 10.8 Å². The van der Waals surface area contributed by atoms with Gasteiger partial charge >= 0.3 is 0 Å². The van der Waals surface area contributed by atoms with Crippen molar-refractivity contribution in [1.82, 2.24) is 5.32 Å². The number of nitrogens with one attached hydrogen (secondary N) is 1. The minimum Gasteiger partial charge on any atom is -0.312 e. The van der Waals surface area contributed by atoms with Gasteiger partial charge in [-0.1, -0.05) is 68.8 Å². The Labute approximate surface area is 141 Å². The molecule has 1 aromatic carbocycles. The van der Waals surface area contributed by atoms with Gasteiger partial charge in [0, 0.05) is 23.9 Å². The third kappa shape index (κ3) is 2.95. The number of hydrogen-bond donors (Lipinski definition) is 1. The number of allylic oxidation sites excluding steroid dienone is 3. The lowest BCUT2D eigenvalue weighted by atomic mass is 9.58. The van der Waals surface area contributed by atoms with Gasteiger partial charge in [-0.3, -0.25) is 0 Å². The van der Waals surface area contributed by atoms with Gasteiger partial charge in [-0.15, -0.1) is 6.58 Å². The molecule has 1 N–H and O–H groups in total. The molecule has 23 heavy (non-hydrogen) atoms. The average molecular weight is 307 g/mol. The predicted octanol–water partition coefficient (Wildman–Crippen LogP) is 5.15. The van der Waals surface area contributed by atoms with Crippen LogP contribution in [0.5, 0.6) is 0 Å². The van der Waals surface area contributed by atoms with E-state index in [1.54, 1.807) is 5.57 Å². The number of benzene rings is 1. The van der Waals surface area contributed by atoms with Crippen molar-refractivity contribution in [3.8, 4) is 0 Å². The van der Waals surface area contributed by atoms with Crippen molar-refractivity contribution in [1.29, 1.82) is 0 Å². The minimum absolute atomic E-state index is 0.109. The second-order valence-corrected chi connectivity index (χ2v) is 7.78. The fraction of sp³-hybridized carbons (Fsp3) is 0.455. The summed E-state index contributed by atoms with van der Waals surface area (Å²) >= 11 is 0. The quantitative estimate of drug-likeness (QED) is 0.758. The summed E-state index contributed by atoms with van der Waals surface area (Å²) in [6.07, 6.45) is 10.2. The van der Waals surface area contributed by atoms with Crippen molar-refractivity contribution >= 4 is 5.57 Å². The van der Waals surface area contributed by atoms with Crippen molar-refractivity contribution in [3.63, 3.8) is 0 Å². The molecule has 1 heterocycles. The normalized spacial score (nSPS) is 26.0. The first-order chi connectivity index (χ1) is 11.0. The van der Waals surface area contributed by atoms with E-state index in [0.29, 0.717) is 0 Å². The Kier molecular flexibility index (Phi) is 4.33. The first kappa shape index (κ1) is 16.3. The summed E-state index contributed by atoms with van der Waals surface area (Å²) in [7, 11) is 0. The number of aryl methyl sites for hydroxylation is 1. The van der Waals surface area contributed by atoms with E-state index in [1.165, 1.54) is 16.7 Å². The third-order valence-electron chi connectivity index (χ3n) is 5.62. The predicted molar refractivity (Wildman–Crippen MR) is 100 cm³/mol. The van der Waals surface area contributed by atoms with Crippen molar-refractivity contribution in [3.05, 3.63) is 65.8 Å². The second-order valence-electron chi connectivity index (χ2n) is 7.78. The first-order valence-electron chi connectivity index (χ1n) is 8.80. The molecule has 3 rings (SSSR count). The zero-order valence-electron chi connectivity index (χ0n) is 14.8. The zero-order valence-corrected chi connectivity index (χ0v) is 14.8. The van der Waals surface area contributed by atoms with E-state index in [4.69, 9.17) is 0 Å². The molecule has 2 aliphatic rings. The Morgan fingerprint density at radius 2 is 1.87 bits per heavy atom. The molecule has 1 atom stereocenters. The summed E-state index contributed by atoms with van der Waals surface area (Å²) in [5.41, 5.74) is 6.25. The highest BCUT2D eigenvalue weighted by molar-refractivity contribution is 5.75. The first-order valence-corrected chi connectivity index (χ1v) is 8.80. The molecule has 1 nitrogen and oxygen atoms in total. The lowest BCUT2D eigenvalue weighted by Gasteiger charge is -2.48. The largest absolute Gasteiger partial charge is 0.312 e. The van der Waals surface area contributed by atoms with Crippen LogP contribution in [0.15, 0.2) is 54.6 Å². The highest BCUT2D eigenvalue weighted by Crippen LogP contribution is 2.54. The second kappa shape index (κ2) is 6.13. The van der Waals surface area contributed by atoms with Gasteiger partial charge in [-0.2, -0.15) is 0 Å². The summed E-state index contributed by atoms with van der Waals surface area (Å²) in [5.74, 6) is 0. The molecule has 122 valence electrons. The van der Waals surface area contributed by atoms with Gasteiger partial charge in [-0.25, -0.2) is 0 Å². The monoisotopic (exact) mass is 307 g/mol. The molecular weight excluding hydrogens is 278 g/mol. The molecule has 0 saturated carbocycles. The maximum atomic E-state index is 3.81. The molecule has 1 heteroatoms. The van der Waals surface area contributed by atoms with Crippen LogP contribution in [-0.4, -0.2) is 13.1 Å². The zero-order chi connectivity index (χ0) is 16.5. The molecule has 0 unspecified atom stereocenters. The van der Waals surface area contributed by atoms with E-state index in [2.05, 4.69) is 69.1 Å². The molecule has 1 aliphatic heterocycles. The highest BCUT2D eigenvalue weighted by Gasteiger charge is 2.43. The van der Waals surface area contributed by atoms with Gasteiger partial charge in [-0.05, 0) is 36.0 Å². The molecule has 0 amide bonds. The molecule has 0 spiro atoms. The Hall–Kier alpha value is -1.60. The maximum Gasteiger partial charge on any atom is 0.0138 e. The average Bonchev–Trinajstić information content (AvgIpc) is 2.53. The summed E-state index contributed by atoms with van der Waals surface area (Å²) in [6, 6.07) is 9.16. The summed E-state index contributed by atoms with van der Waals surface area (Å²) in [4.78, 5) is 0. The standard InChI is InChI=1S/C22H29N/c1-5-6-7-17-8-10-18(11-9-17)19-12-14-22(4)16-23-15-13-20(22)21(19,2)3/h5,8-13,23H,1,6-7,14-16H2,2-4H3/t22-/m1/s1. The summed E-state index contributed by atoms with van der Waals surface area (Å²) < 4.78 is 0. The summed E-state index contributed by atoms with van der Waals surface area (Å²) in [5, 5.41) is 3.53. The van der Waals surface area contributed by atoms with Crippen molar-refractivity contribution in [2.24, 2.45) is 10.8 Å². The molecule has 0 aromatic heterocycles. The SMILES string of the molecule is C=CCCc1ccc(C2=CC[C@]3(C)CNCC=C3C2(C)C)cc1. The van der Waals surface area contributed by atoms with Gasteiger partial charge < -0.3 is 5.32 Å². The van der Waals surface area contributed by atoms with Crippen LogP contribution in [0.2, 0.25) is 0 Å². The van der Waals surface area contributed by atoms with E-state index >= 15 is 0 Å². The van der Waals surface area contributed by atoms with Gasteiger partial charge in [0.05, 0.1) is 0 Å². The van der Waals surface area contributed by atoms with E-state index in [-0.39, 0.29) is 10.8 Å². The fourth-order valence-electron chi connectivity index (χ4n) is 4.38. The van der Waals surface area contributed by atoms with E-state index in [1.807, 2.05) is 6.08 Å². The summed E-state index contributed by atoms with van der Waals surface area (Å²) in [6.45, 7) is 13.1. The van der Waals surface area contributed by atoms with Gasteiger partial charge in [0.25, 0.3) is 0 Å². The van der Waals surface area contributed by atoms with Gasteiger partial charge in [0.15, 0.2) is 0 Å². The molecule has 1 aliphatic carbocycles. The van der Waals surface area contributed by atoms with E-state index in [0.717, 1.165) is 32.4 Å². The smallest absolute Gasteiger partial charge is 0.0138 e. The molecule has 0 fully saturated rings. The Balaban J connectivity index is 1.92. The maximum absolute atomic E-state index is 3.81. The fourth-order valence-corrected chi connectivity index (χ4v) is 4.38. The van der Waals surface area contributed by atoms with Crippen LogP contribution >= 0.6 is 0 Å². The molecular formula is C22H29N. The lowest BCUT2D eigenvalue weighted by Crippen LogP contribution is -2.44. The lowest BCUT2D eigenvalue weighted by molar-refractivity contribution is 0.294. The van der Waals surface area contributed by atoms with Crippen LogP contribution in [0.3, 0.4) is 0 Å². The number of rotatable bonds is 4. The van der Waals surface area contributed by atoms with Crippen LogP contribution in [0.25, 0.3) is 5.57 Å². The van der Waals surface area contributed by atoms with E-state index < -0.39 is 0 Å². The molecule has 1 aromatic rings. The van der Waals surface area contributed by atoms with Crippen LogP contribution < -0.4 is 5.32 Å². The van der Waals surface area contributed by atoms with Crippen LogP contribution in [0.4, 0.5) is 0 Å². The third-order valence-corrected chi connectivity index (χ3v) is 5.62. The van der Waals surface area contributed by atoms with Crippen LogP contribution in [-0.2, 0) is 6.42 Å². The van der Waals surface area contributed by atoms with Crippen molar-refractivity contribution in [2.45, 2.75) is 40.0 Å². The molecule has 0 saturated heterocycles. The number of fused-ring (bicyclic) bond motifs is 1. The molecule has 0 bridgehead atoms. The number of hydrogen-bond acceptors (Lipinski definition) is 1. The topological polar surface area (TPSA) is 12.0 Å². The Morgan fingerprint density at radius 1 is 1.13 bits per heavy atom. The van der Waals surface area contributed by atoms with Gasteiger partial charge in [0.1, 0.15) is 0 Å². The Bertz CT molecular complexity index is 645. The van der Waals surface area contributed by atoms with Gasteiger partial charge in [0.2, 0.25) is 0 Å². The van der Waals surface area contributed by atoms with Crippen molar-refractivity contribution in [2.75, 3.05) is 13.1 Å². The highest BCUT2D eigenvalue weighted by atomic mass is 14.9.